The maximum atomic E-state index is 10.7. The minimum atomic E-state index is -0.856. The molecule has 19 heavy (non-hydrogen) atoms. The summed E-state index contributed by atoms with van der Waals surface area (Å²) >= 11 is 0. The van der Waals surface area contributed by atoms with Crippen molar-refractivity contribution in [3.8, 4) is 0 Å². The van der Waals surface area contributed by atoms with Gasteiger partial charge >= 0.3 is 5.97 Å². The second-order valence-corrected chi connectivity index (χ2v) is 4.79. The molecule has 0 amide bonds. The van der Waals surface area contributed by atoms with Crippen LogP contribution in [0.25, 0.3) is 0 Å². The summed E-state index contributed by atoms with van der Waals surface area (Å²) in [5.74, 6) is 0.395. The Morgan fingerprint density at radius 2 is 2.11 bits per heavy atom. The molecule has 0 fully saturated rings. The molecule has 0 atom stereocenters. The van der Waals surface area contributed by atoms with Crippen molar-refractivity contribution < 1.29 is 14.6 Å². The number of rotatable bonds is 8. The molecule has 0 radical (unpaired) electrons. The lowest BCUT2D eigenvalue weighted by Crippen LogP contribution is -2.34. The average Bonchev–Trinajstić information content (AvgIpc) is 2.27. The third-order valence-electron chi connectivity index (χ3n) is 2.34. The van der Waals surface area contributed by atoms with Crippen LogP contribution in [0.3, 0.4) is 0 Å². The Labute approximate surface area is 112 Å². The minimum absolute atomic E-state index is 0.00341. The third kappa shape index (κ3) is 6.01. The fraction of sp³-hybridized carbons (Fsp3) is 0.583. The Balaban J connectivity index is 2.63. The summed E-state index contributed by atoms with van der Waals surface area (Å²) in [6.07, 6.45) is 1.43. The number of carboxylic acid groups (broad SMARTS) is 1. The highest BCUT2D eigenvalue weighted by Crippen LogP contribution is 2.17. The molecule has 1 aromatic rings. The zero-order valence-corrected chi connectivity index (χ0v) is 11.4. The van der Waals surface area contributed by atoms with E-state index in [0.29, 0.717) is 24.8 Å². The van der Waals surface area contributed by atoms with E-state index in [4.69, 9.17) is 9.84 Å². The fourth-order valence-corrected chi connectivity index (χ4v) is 1.57. The number of aliphatic carboxylic acids is 1. The van der Waals surface area contributed by atoms with E-state index in [2.05, 4.69) is 20.6 Å². The molecule has 3 N–H and O–H groups in total. The van der Waals surface area contributed by atoms with Crippen LogP contribution in [0.15, 0.2) is 12.4 Å². The van der Waals surface area contributed by atoms with Crippen molar-refractivity contribution in [1.82, 2.24) is 9.97 Å². The first-order chi connectivity index (χ1) is 8.93. The topological polar surface area (TPSA) is 96.4 Å². The normalized spacial score (nSPS) is 11.1. The Morgan fingerprint density at radius 1 is 1.42 bits per heavy atom. The van der Waals surface area contributed by atoms with E-state index in [9.17, 15) is 4.79 Å². The van der Waals surface area contributed by atoms with Crippen LogP contribution in [0.2, 0.25) is 0 Å². The van der Waals surface area contributed by atoms with Gasteiger partial charge in [-0.25, -0.2) is 9.97 Å². The van der Waals surface area contributed by atoms with Gasteiger partial charge in [0.1, 0.15) is 18.0 Å². The number of hydrogen-bond donors (Lipinski definition) is 3. The summed E-state index contributed by atoms with van der Waals surface area (Å²) in [6, 6.07) is 1.74. The number of methoxy groups -OCH3 is 1. The van der Waals surface area contributed by atoms with Crippen LogP contribution in [0.4, 0.5) is 11.6 Å². The summed E-state index contributed by atoms with van der Waals surface area (Å²) in [5, 5.41) is 15.0. The molecule has 1 rings (SSSR count). The van der Waals surface area contributed by atoms with Gasteiger partial charge in [-0.15, -0.1) is 0 Å². The molecule has 0 saturated heterocycles. The van der Waals surface area contributed by atoms with Crippen molar-refractivity contribution in [3.63, 3.8) is 0 Å². The maximum absolute atomic E-state index is 10.7. The van der Waals surface area contributed by atoms with Crippen LogP contribution in [-0.2, 0) is 9.53 Å². The number of ether oxygens (including phenoxy) is 1. The van der Waals surface area contributed by atoms with Crippen molar-refractivity contribution in [2.24, 2.45) is 0 Å². The third-order valence-corrected chi connectivity index (χ3v) is 2.34. The van der Waals surface area contributed by atoms with Crippen molar-refractivity contribution in [2.45, 2.75) is 25.8 Å². The molecule has 1 heterocycles. The predicted molar refractivity (Wildman–Crippen MR) is 72.4 cm³/mol. The molecule has 0 aliphatic rings. The highest BCUT2D eigenvalue weighted by Gasteiger charge is 2.21. The molecular formula is C12H20N4O3. The number of nitrogens with one attached hydrogen (secondary N) is 2. The van der Waals surface area contributed by atoms with Gasteiger partial charge in [-0.2, -0.15) is 0 Å². The number of aromatic nitrogens is 2. The molecule has 0 saturated carbocycles. The van der Waals surface area contributed by atoms with Gasteiger partial charge in [0.05, 0.1) is 13.0 Å². The second-order valence-electron chi connectivity index (χ2n) is 4.79. The first kappa shape index (κ1) is 15.2. The SMILES string of the molecule is COCCNc1cc(NC(C)(C)CC(=O)O)ncn1. The molecule has 0 bridgehead atoms. The van der Waals surface area contributed by atoms with Crippen molar-refractivity contribution in [2.75, 3.05) is 30.9 Å². The van der Waals surface area contributed by atoms with E-state index >= 15 is 0 Å². The Kier molecular flexibility index (Phi) is 5.50. The lowest BCUT2D eigenvalue weighted by molar-refractivity contribution is -0.137. The zero-order valence-electron chi connectivity index (χ0n) is 11.4. The van der Waals surface area contributed by atoms with Crippen LogP contribution < -0.4 is 10.6 Å². The van der Waals surface area contributed by atoms with Crippen LogP contribution in [0.5, 0.6) is 0 Å². The maximum Gasteiger partial charge on any atom is 0.305 e. The number of carboxylic acids is 1. The van der Waals surface area contributed by atoms with Crippen molar-refractivity contribution in [3.05, 3.63) is 12.4 Å². The molecule has 0 unspecified atom stereocenters. The molecule has 106 valence electrons. The molecule has 0 aliphatic carbocycles. The number of carbonyl (C=O) groups is 1. The van der Waals surface area contributed by atoms with Gasteiger partial charge in [0.25, 0.3) is 0 Å². The monoisotopic (exact) mass is 268 g/mol. The van der Waals surface area contributed by atoms with Crippen molar-refractivity contribution >= 4 is 17.6 Å². The van der Waals surface area contributed by atoms with E-state index in [-0.39, 0.29) is 6.42 Å². The van der Waals surface area contributed by atoms with Crippen LogP contribution in [-0.4, -0.2) is 46.8 Å². The van der Waals surface area contributed by atoms with Gasteiger partial charge in [0.2, 0.25) is 0 Å². The zero-order chi connectivity index (χ0) is 14.3. The number of hydrogen-bond acceptors (Lipinski definition) is 6. The van der Waals surface area contributed by atoms with Gasteiger partial charge in [0.15, 0.2) is 0 Å². The Hall–Kier alpha value is -1.89. The number of anilines is 2. The number of nitrogens with zero attached hydrogens (tertiary/aromatic N) is 2. The van der Waals surface area contributed by atoms with Crippen molar-refractivity contribution in [1.29, 1.82) is 0 Å². The lowest BCUT2D eigenvalue weighted by atomic mass is 10.0. The van der Waals surface area contributed by atoms with E-state index in [1.165, 1.54) is 6.33 Å². The largest absolute Gasteiger partial charge is 0.481 e. The van der Waals surface area contributed by atoms with E-state index in [1.54, 1.807) is 27.0 Å². The fourth-order valence-electron chi connectivity index (χ4n) is 1.57. The summed E-state index contributed by atoms with van der Waals surface area (Å²) in [4.78, 5) is 18.9. The Morgan fingerprint density at radius 3 is 2.74 bits per heavy atom. The summed E-state index contributed by atoms with van der Waals surface area (Å²) in [5.41, 5.74) is -0.579. The standard InChI is InChI=1S/C12H20N4O3/c1-12(2,7-11(17)18)16-10-6-9(14-8-15-10)13-4-5-19-3/h6,8H,4-5,7H2,1-3H3,(H,17,18)(H2,13,14,15,16). The average molecular weight is 268 g/mol. The van der Waals surface area contributed by atoms with Gasteiger partial charge in [-0.1, -0.05) is 0 Å². The first-order valence-corrected chi connectivity index (χ1v) is 5.98. The first-order valence-electron chi connectivity index (χ1n) is 5.98. The molecule has 1 aromatic heterocycles. The van der Waals surface area contributed by atoms with Gasteiger partial charge in [0, 0.05) is 25.3 Å². The van der Waals surface area contributed by atoms with E-state index in [1.807, 2.05) is 0 Å². The highest BCUT2D eigenvalue weighted by atomic mass is 16.5. The second kappa shape index (κ2) is 6.89. The molecule has 7 heteroatoms. The molecule has 0 spiro atoms. The van der Waals surface area contributed by atoms with Gasteiger partial charge in [-0.3, -0.25) is 4.79 Å². The van der Waals surface area contributed by atoms with Gasteiger partial charge in [-0.05, 0) is 13.8 Å². The molecule has 7 nitrogen and oxygen atoms in total. The van der Waals surface area contributed by atoms with Gasteiger partial charge < -0.3 is 20.5 Å². The molecular weight excluding hydrogens is 248 g/mol. The van der Waals surface area contributed by atoms with Crippen LogP contribution >= 0.6 is 0 Å². The lowest BCUT2D eigenvalue weighted by Gasteiger charge is -2.24. The predicted octanol–water partition coefficient (Wildman–Crippen LogP) is 1.20. The van der Waals surface area contributed by atoms with Crippen LogP contribution in [0.1, 0.15) is 20.3 Å². The summed E-state index contributed by atoms with van der Waals surface area (Å²) in [6.45, 7) is 4.84. The highest BCUT2D eigenvalue weighted by molar-refractivity contribution is 5.69. The quantitative estimate of drug-likeness (QED) is 0.609. The minimum Gasteiger partial charge on any atom is -0.481 e. The molecule has 0 aliphatic heterocycles. The molecule has 0 aromatic carbocycles. The van der Waals surface area contributed by atoms with E-state index in [0.717, 1.165) is 0 Å². The Bertz CT molecular complexity index is 423. The smallest absolute Gasteiger partial charge is 0.305 e. The van der Waals surface area contributed by atoms with Crippen LogP contribution in [0, 0.1) is 0 Å². The van der Waals surface area contributed by atoms with E-state index < -0.39 is 11.5 Å². The summed E-state index contributed by atoms with van der Waals surface area (Å²) in [7, 11) is 1.63. The summed E-state index contributed by atoms with van der Waals surface area (Å²) < 4.78 is 4.93.